The number of hydrogen-bond acceptors (Lipinski definition) is 4. The van der Waals surface area contributed by atoms with Gasteiger partial charge in [0.1, 0.15) is 18.0 Å². The summed E-state index contributed by atoms with van der Waals surface area (Å²) >= 11 is 0. The third-order valence-corrected chi connectivity index (χ3v) is 3.76. The predicted molar refractivity (Wildman–Crippen MR) is 91.6 cm³/mol. The van der Waals surface area contributed by atoms with Gasteiger partial charge in [0, 0.05) is 12.2 Å². The molecule has 1 aromatic carbocycles. The van der Waals surface area contributed by atoms with Gasteiger partial charge in [0.2, 0.25) is 0 Å². The van der Waals surface area contributed by atoms with E-state index in [-0.39, 0.29) is 12.6 Å². The molecule has 0 radical (unpaired) electrons. The standard InChI is InChI=1S/C19H28O4/c1-6-8-13-19(23-7-2,14-22-18(20)15(3)4)16-9-11-17(21-5)12-10-16/h9-12H,3,6-8,13-14H2,1-2,4-5H3. The summed E-state index contributed by atoms with van der Waals surface area (Å²) in [5.41, 5.74) is 0.742. The van der Waals surface area contributed by atoms with Crippen LogP contribution < -0.4 is 4.74 Å². The molecule has 1 unspecified atom stereocenters. The SMILES string of the molecule is C=C(C)C(=O)OCC(CCCC)(OCC)c1ccc(OC)cc1. The van der Waals surface area contributed by atoms with Crippen LogP contribution in [0.25, 0.3) is 0 Å². The first kappa shape index (κ1) is 19.2. The van der Waals surface area contributed by atoms with Crippen molar-refractivity contribution in [1.29, 1.82) is 0 Å². The first-order chi connectivity index (χ1) is 11.0. The minimum absolute atomic E-state index is 0.179. The van der Waals surface area contributed by atoms with E-state index in [4.69, 9.17) is 14.2 Å². The Balaban J connectivity index is 3.08. The Kier molecular flexibility index (Phi) is 7.83. The summed E-state index contributed by atoms with van der Waals surface area (Å²) < 4.78 is 16.7. The molecule has 0 amide bonds. The molecular formula is C19H28O4. The Morgan fingerprint density at radius 3 is 2.35 bits per heavy atom. The maximum absolute atomic E-state index is 11.8. The Morgan fingerprint density at radius 1 is 1.22 bits per heavy atom. The van der Waals surface area contributed by atoms with Crippen LogP contribution in [0.5, 0.6) is 5.75 Å². The van der Waals surface area contributed by atoms with Crippen LogP contribution in [0, 0.1) is 0 Å². The van der Waals surface area contributed by atoms with Crippen LogP contribution in [0.1, 0.15) is 45.6 Å². The van der Waals surface area contributed by atoms with Gasteiger partial charge in [-0.25, -0.2) is 4.79 Å². The van der Waals surface area contributed by atoms with Gasteiger partial charge in [0.25, 0.3) is 0 Å². The van der Waals surface area contributed by atoms with Crippen molar-refractivity contribution in [1.82, 2.24) is 0 Å². The number of ether oxygens (including phenoxy) is 3. The zero-order chi connectivity index (χ0) is 17.3. The highest BCUT2D eigenvalue weighted by molar-refractivity contribution is 5.86. The monoisotopic (exact) mass is 320 g/mol. The lowest BCUT2D eigenvalue weighted by Crippen LogP contribution is -2.36. The summed E-state index contributed by atoms with van der Waals surface area (Å²) in [5, 5.41) is 0. The second kappa shape index (κ2) is 9.36. The number of methoxy groups -OCH3 is 1. The second-order valence-electron chi connectivity index (χ2n) is 5.62. The minimum atomic E-state index is -0.637. The molecule has 1 aromatic rings. The van der Waals surface area contributed by atoms with Crippen LogP contribution >= 0.6 is 0 Å². The third kappa shape index (κ3) is 5.39. The largest absolute Gasteiger partial charge is 0.497 e. The lowest BCUT2D eigenvalue weighted by atomic mass is 9.88. The minimum Gasteiger partial charge on any atom is -0.497 e. The zero-order valence-electron chi connectivity index (χ0n) is 14.7. The molecule has 4 nitrogen and oxygen atoms in total. The molecule has 0 spiro atoms. The Hall–Kier alpha value is -1.81. The number of esters is 1. The van der Waals surface area contributed by atoms with Crippen molar-refractivity contribution in [2.75, 3.05) is 20.3 Å². The predicted octanol–water partition coefficient (Wildman–Crippen LogP) is 4.24. The van der Waals surface area contributed by atoms with Crippen molar-refractivity contribution in [3.05, 3.63) is 42.0 Å². The van der Waals surface area contributed by atoms with Crippen molar-refractivity contribution in [2.24, 2.45) is 0 Å². The van der Waals surface area contributed by atoms with Crippen LogP contribution in [0.15, 0.2) is 36.4 Å². The second-order valence-corrected chi connectivity index (χ2v) is 5.62. The fourth-order valence-electron chi connectivity index (χ4n) is 2.44. The topological polar surface area (TPSA) is 44.8 Å². The van der Waals surface area contributed by atoms with Crippen molar-refractivity contribution in [3.63, 3.8) is 0 Å². The molecule has 4 heteroatoms. The highest BCUT2D eigenvalue weighted by atomic mass is 16.6. The van der Waals surface area contributed by atoms with Crippen molar-refractivity contribution in [2.45, 2.75) is 45.6 Å². The summed E-state index contributed by atoms with van der Waals surface area (Å²) in [6.45, 7) is 10.1. The van der Waals surface area contributed by atoms with Gasteiger partial charge in [-0.3, -0.25) is 0 Å². The molecule has 0 aliphatic carbocycles. The number of unbranched alkanes of at least 4 members (excludes halogenated alkanes) is 1. The van der Waals surface area contributed by atoms with Gasteiger partial charge in [-0.05, 0) is 38.0 Å². The summed E-state index contributed by atoms with van der Waals surface area (Å²) in [6.07, 6.45) is 2.81. The van der Waals surface area contributed by atoms with Gasteiger partial charge >= 0.3 is 5.97 Å². The van der Waals surface area contributed by atoms with Gasteiger partial charge < -0.3 is 14.2 Å². The van der Waals surface area contributed by atoms with E-state index in [0.29, 0.717) is 12.2 Å². The lowest BCUT2D eigenvalue weighted by molar-refractivity contribution is -0.154. The normalized spacial score (nSPS) is 13.2. The van der Waals surface area contributed by atoms with E-state index < -0.39 is 5.60 Å². The molecule has 0 saturated carbocycles. The average molecular weight is 320 g/mol. The summed E-state index contributed by atoms with van der Waals surface area (Å²) in [4.78, 5) is 11.8. The maximum Gasteiger partial charge on any atom is 0.333 e. The number of carbonyl (C=O) groups is 1. The van der Waals surface area contributed by atoms with E-state index >= 15 is 0 Å². The fraction of sp³-hybridized carbons (Fsp3) is 0.526. The fourth-order valence-corrected chi connectivity index (χ4v) is 2.44. The van der Waals surface area contributed by atoms with E-state index in [1.165, 1.54) is 0 Å². The summed E-state index contributed by atoms with van der Waals surface area (Å²) in [5.74, 6) is 0.396. The van der Waals surface area contributed by atoms with Gasteiger partial charge in [0.15, 0.2) is 0 Å². The number of hydrogen-bond donors (Lipinski definition) is 0. The molecule has 128 valence electrons. The van der Waals surface area contributed by atoms with E-state index in [1.54, 1.807) is 14.0 Å². The highest BCUT2D eigenvalue weighted by Crippen LogP contribution is 2.33. The van der Waals surface area contributed by atoms with Crippen LogP contribution in [-0.4, -0.2) is 26.3 Å². The van der Waals surface area contributed by atoms with E-state index in [9.17, 15) is 4.79 Å². The zero-order valence-corrected chi connectivity index (χ0v) is 14.7. The van der Waals surface area contributed by atoms with E-state index in [2.05, 4.69) is 13.5 Å². The number of rotatable bonds is 10. The van der Waals surface area contributed by atoms with Crippen LogP contribution in [0.2, 0.25) is 0 Å². The molecule has 0 saturated heterocycles. The molecule has 0 N–H and O–H groups in total. The molecule has 23 heavy (non-hydrogen) atoms. The number of benzene rings is 1. The summed E-state index contributed by atoms with van der Waals surface area (Å²) in [6, 6.07) is 7.74. The molecule has 0 fully saturated rings. The van der Waals surface area contributed by atoms with Crippen LogP contribution in [0.3, 0.4) is 0 Å². The van der Waals surface area contributed by atoms with Crippen molar-refractivity contribution in [3.8, 4) is 5.75 Å². The molecule has 0 aliphatic heterocycles. The van der Waals surface area contributed by atoms with Crippen molar-refractivity contribution < 1.29 is 19.0 Å². The molecule has 1 atom stereocenters. The molecular weight excluding hydrogens is 292 g/mol. The van der Waals surface area contributed by atoms with Gasteiger partial charge in [-0.15, -0.1) is 0 Å². The van der Waals surface area contributed by atoms with Gasteiger partial charge in [-0.2, -0.15) is 0 Å². The smallest absolute Gasteiger partial charge is 0.333 e. The maximum atomic E-state index is 11.8. The molecule has 0 aliphatic rings. The van der Waals surface area contributed by atoms with E-state index in [1.807, 2.05) is 31.2 Å². The molecule has 0 heterocycles. The lowest BCUT2D eigenvalue weighted by Gasteiger charge is -2.34. The van der Waals surface area contributed by atoms with E-state index in [0.717, 1.165) is 30.6 Å². The first-order valence-corrected chi connectivity index (χ1v) is 8.10. The van der Waals surface area contributed by atoms with Crippen LogP contribution in [-0.2, 0) is 19.9 Å². The van der Waals surface area contributed by atoms with Crippen molar-refractivity contribution >= 4 is 5.97 Å². The average Bonchev–Trinajstić information content (AvgIpc) is 2.57. The van der Waals surface area contributed by atoms with Crippen LogP contribution in [0.4, 0.5) is 0 Å². The van der Waals surface area contributed by atoms with Gasteiger partial charge in [0.05, 0.1) is 7.11 Å². The quantitative estimate of drug-likeness (QED) is 0.478. The molecule has 0 bridgehead atoms. The third-order valence-electron chi connectivity index (χ3n) is 3.76. The molecule has 1 rings (SSSR count). The summed E-state index contributed by atoms with van der Waals surface area (Å²) in [7, 11) is 1.64. The molecule has 0 aromatic heterocycles. The Bertz CT molecular complexity index is 507. The first-order valence-electron chi connectivity index (χ1n) is 8.10. The Morgan fingerprint density at radius 2 is 1.87 bits per heavy atom. The van der Waals surface area contributed by atoms with Gasteiger partial charge in [-0.1, -0.05) is 38.5 Å². The number of carbonyl (C=O) groups excluding carboxylic acids is 1. The highest BCUT2D eigenvalue weighted by Gasteiger charge is 2.34. The Labute approximate surface area is 139 Å².